The van der Waals surface area contributed by atoms with Crippen LogP contribution in [0.1, 0.15) is 36.2 Å². The molecule has 1 heterocycles. The van der Waals surface area contributed by atoms with Gasteiger partial charge in [0.05, 0.1) is 5.92 Å². The third-order valence-corrected chi connectivity index (χ3v) is 4.30. The molecule has 2 aromatic rings. The molecule has 3 nitrogen and oxygen atoms in total. The summed E-state index contributed by atoms with van der Waals surface area (Å²) in [6, 6.07) is 5.09. The summed E-state index contributed by atoms with van der Waals surface area (Å²) in [5.41, 5.74) is 0.827. The van der Waals surface area contributed by atoms with Gasteiger partial charge in [-0.15, -0.1) is 0 Å². The summed E-state index contributed by atoms with van der Waals surface area (Å²) in [5.74, 6) is -2.24. The largest absolute Gasteiger partial charge is 0.391 e. The normalized spacial score (nSPS) is 22.3. The molecule has 1 amide bonds. The van der Waals surface area contributed by atoms with E-state index in [1.807, 2.05) is 0 Å². The van der Waals surface area contributed by atoms with Crippen LogP contribution in [-0.4, -0.2) is 23.1 Å². The van der Waals surface area contributed by atoms with Crippen molar-refractivity contribution in [2.24, 2.45) is 5.92 Å². The molecule has 1 saturated carbocycles. The molecule has 0 aliphatic heterocycles. The van der Waals surface area contributed by atoms with E-state index in [-0.39, 0.29) is 18.5 Å². The maximum Gasteiger partial charge on any atom is 0.391 e. The number of fused-ring (bicyclic) bond motifs is 1. The predicted octanol–water partition coefficient (Wildman–Crippen LogP) is 4.16. The molecule has 1 aliphatic rings. The Morgan fingerprint density at radius 3 is 2.74 bits per heavy atom. The summed E-state index contributed by atoms with van der Waals surface area (Å²) >= 11 is 0. The number of hydrogen-bond acceptors (Lipinski definition) is 1. The van der Waals surface area contributed by atoms with Crippen LogP contribution in [0, 0.1) is 11.7 Å². The Morgan fingerprint density at radius 1 is 1.22 bits per heavy atom. The summed E-state index contributed by atoms with van der Waals surface area (Å²) in [7, 11) is 0. The van der Waals surface area contributed by atoms with Crippen LogP contribution in [0.4, 0.5) is 17.6 Å². The van der Waals surface area contributed by atoms with E-state index < -0.39 is 29.9 Å². The Labute approximate surface area is 130 Å². The van der Waals surface area contributed by atoms with Gasteiger partial charge >= 0.3 is 6.18 Å². The standard InChI is InChI=1S/C16H16F4N2O/c17-11-4-5-13-9(6-11)7-14(22-13)15(23)21-12-3-1-2-10(8-12)16(18,19)20/h4-7,10,12,22H,1-3,8H2,(H,21,23). The molecular weight excluding hydrogens is 312 g/mol. The zero-order valence-electron chi connectivity index (χ0n) is 12.2. The molecule has 23 heavy (non-hydrogen) atoms. The van der Waals surface area contributed by atoms with Crippen LogP contribution < -0.4 is 5.32 Å². The highest BCUT2D eigenvalue weighted by molar-refractivity contribution is 5.98. The maximum atomic E-state index is 13.2. The van der Waals surface area contributed by atoms with Crippen LogP contribution >= 0.6 is 0 Å². The van der Waals surface area contributed by atoms with Gasteiger partial charge in [0.1, 0.15) is 11.5 Å². The van der Waals surface area contributed by atoms with Crippen molar-refractivity contribution < 1.29 is 22.4 Å². The lowest BCUT2D eigenvalue weighted by Gasteiger charge is -2.30. The van der Waals surface area contributed by atoms with Crippen LogP contribution in [0.5, 0.6) is 0 Å². The molecule has 0 bridgehead atoms. The van der Waals surface area contributed by atoms with Crippen molar-refractivity contribution in [1.29, 1.82) is 0 Å². The lowest BCUT2D eigenvalue weighted by Crippen LogP contribution is -2.41. The Hall–Kier alpha value is -2.05. The second-order valence-corrected chi connectivity index (χ2v) is 5.99. The summed E-state index contributed by atoms with van der Waals surface area (Å²) in [6.45, 7) is 0. The van der Waals surface area contributed by atoms with Crippen LogP contribution in [0.25, 0.3) is 10.9 Å². The molecule has 7 heteroatoms. The first kappa shape index (κ1) is 15.8. The van der Waals surface area contributed by atoms with Gasteiger partial charge in [-0.3, -0.25) is 4.79 Å². The molecule has 2 N–H and O–H groups in total. The molecule has 1 aromatic carbocycles. The molecule has 124 valence electrons. The zero-order chi connectivity index (χ0) is 16.6. The highest BCUT2D eigenvalue weighted by atomic mass is 19.4. The van der Waals surface area contributed by atoms with E-state index >= 15 is 0 Å². The number of amides is 1. The molecule has 1 aromatic heterocycles. The fourth-order valence-corrected chi connectivity index (χ4v) is 3.11. The predicted molar refractivity (Wildman–Crippen MR) is 77.5 cm³/mol. The van der Waals surface area contributed by atoms with Gasteiger partial charge in [0.2, 0.25) is 0 Å². The fourth-order valence-electron chi connectivity index (χ4n) is 3.11. The summed E-state index contributed by atoms with van der Waals surface area (Å²) in [6.07, 6.45) is -3.23. The number of nitrogens with one attached hydrogen (secondary N) is 2. The first-order chi connectivity index (χ1) is 10.8. The van der Waals surface area contributed by atoms with Crippen molar-refractivity contribution in [1.82, 2.24) is 10.3 Å². The number of halogens is 4. The van der Waals surface area contributed by atoms with Crippen LogP contribution in [0.2, 0.25) is 0 Å². The highest BCUT2D eigenvalue weighted by Gasteiger charge is 2.42. The van der Waals surface area contributed by atoms with Gasteiger partial charge in [0.15, 0.2) is 0 Å². The zero-order valence-corrected chi connectivity index (χ0v) is 12.2. The molecule has 0 saturated heterocycles. The van der Waals surface area contributed by atoms with E-state index in [1.165, 1.54) is 24.3 Å². The van der Waals surface area contributed by atoms with Crippen molar-refractivity contribution in [3.05, 3.63) is 35.8 Å². The van der Waals surface area contributed by atoms with Gasteiger partial charge in [0.25, 0.3) is 5.91 Å². The van der Waals surface area contributed by atoms with E-state index in [0.717, 1.165) is 0 Å². The molecular formula is C16H16F4N2O. The number of aromatic nitrogens is 1. The first-order valence-corrected chi connectivity index (χ1v) is 7.49. The van der Waals surface area contributed by atoms with Crippen molar-refractivity contribution in [2.75, 3.05) is 0 Å². The molecule has 2 atom stereocenters. The topological polar surface area (TPSA) is 44.9 Å². The smallest absolute Gasteiger partial charge is 0.351 e. The minimum Gasteiger partial charge on any atom is -0.351 e. The lowest BCUT2D eigenvalue weighted by molar-refractivity contribution is -0.183. The van der Waals surface area contributed by atoms with Gasteiger partial charge < -0.3 is 10.3 Å². The van der Waals surface area contributed by atoms with E-state index in [4.69, 9.17) is 0 Å². The first-order valence-electron chi connectivity index (χ1n) is 7.49. The van der Waals surface area contributed by atoms with Gasteiger partial charge in [0, 0.05) is 16.9 Å². The number of aromatic amines is 1. The van der Waals surface area contributed by atoms with Gasteiger partial charge in [-0.25, -0.2) is 4.39 Å². The maximum absolute atomic E-state index is 13.2. The highest BCUT2D eigenvalue weighted by Crippen LogP contribution is 2.37. The summed E-state index contributed by atoms with van der Waals surface area (Å²) < 4.78 is 51.5. The van der Waals surface area contributed by atoms with E-state index in [1.54, 1.807) is 0 Å². The van der Waals surface area contributed by atoms with E-state index in [2.05, 4.69) is 10.3 Å². The van der Waals surface area contributed by atoms with Gasteiger partial charge in [-0.1, -0.05) is 6.42 Å². The van der Waals surface area contributed by atoms with Crippen molar-refractivity contribution >= 4 is 16.8 Å². The monoisotopic (exact) mass is 328 g/mol. The van der Waals surface area contributed by atoms with Crippen molar-refractivity contribution in [2.45, 2.75) is 37.9 Å². The number of hydrogen-bond donors (Lipinski definition) is 2. The second kappa shape index (κ2) is 5.86. The number of carbonyl (C=O) groups excluding carboxylic acids is 1. The minimum absolute atomic E-state index is 0.0932. The number of H-pyrrole nitrogens is 1. The van der Waals surface area contributed by atoms with Gasteiger partial charge in [-0.05, 0) is 43.5 Å². The number of benzene rings is 1. The third kappa shape index (κ3) is 3.48. The third-order valence-electron chi connectivity index (χ3n) is 4.30. The number of alkyl halides is 3. The van der Waals surface area contributed by atoms with Crippen LogP contribution in [0.3, 0.4) is 0 Å². The van der Waals surface area contributed by atoms with Crippen LogP contribution in [-0.2, 0) is 0 Å². The van der Waals surface area contributed by atoms with Crippen molar-refractivity contribution in [3.8, 4) is 0 Å². The molecule has 0 radical (unpaired) electrons. The van der Waals surface area contributed by atoms with Crippen molar-refractivity contribution in [3.63, 3.8) is 0 Å². The lowest BCUT2D eigenvalue weighted by atomic mass is 9.85. The Balaban J connectivity index is 1.70. The molecule has 2 unspecified atom stereocenters. The summed E-state index contributed by atoms with van der Waals surface area (Å²) in [5, 5.41) is 3.20. The number of carbonyl (C=O) groups is 1. The SMILES string of the molecule is O=C(NC1CCCC(C(F)(F)F)C1)c1cc2cc(F)ccc2[nH]1. The molecule has 3 rings (SSSR count). The Bertz CT molecular complexity index is 722. The van der Waals surface area contributed by atoms with Gasteiger partial charge in [-0.2, -0.15) is 13.2 Å². The molecule has 1 aliphatic carbocycles. The Morgan fingerprint density at radius 2 is 2.00 bits per heavy atom. The fraction of sp³-hybridized carbons (Fsp3) is 0.438. The average molecular weight is 328 g/mol. The molecule has 0 spiro atoms. The average Bonchev–Trinajstić information content (AvgIpc) is 2.90. The second-order valence-electron chi connectivity index (χ2n) is 5.99. The van der Waals surface area contributed by atoms with E-state index in [0.29, 0.717) is 23.7 Å². The quantitative estimate of drug-likeness (QED) is 0.799. The molecule has 1 fully saturated rings. The minimum atomic E-state index is -4.22. The van der Waals surface area contributed by atoms with Crippen LogP contribution in [0.15, 0.2) is 24.3 Å². The number of rotatable bonds is 2. The summed E-state index contributed by atoms with van der Waals surface area (Å²) in [4.78, 5) is 15.1. The van der Waals surface area contributed by atoms with E-state index in [9.17, 15) is 22.4 Å². The Kier molecular flexibility index (Phi) is 4.04.